The van der Waals surface area contributed by atoms with Gasteiger partial charge < -0.3 is 10.2 Å². The first kappa shape index (κ1) is 8.44. The molecule has 0 radical (unpaired) electrons. The first-order valence-corrected chi connectivity index (χ1v) is 5.22. The molecule has 3 rings (SSSR count). The standard InChI is InChI=1S/C10H16N4/c1-14-3-2-10(7-14)6-11-4-8-5-12-13-9(8)10/h5,11H,2-4,6-7H2,1H3,(H,12,13). The molecule has 1 aromatic heterocycles. The third-order valence-electron chi connectivity index (χ3n) is 3.57. The van der Waals surface area contributed by atoms with Crippen molar-refractivity contribution >= 4 is 0 Å². The van der Waals surface area contributed by atoms with Gasteiger partial charge in [0.2, 0.25) is 0 Å². The summed E-state index contributed by atoms with van der Waals surface area (Å²) >= 11 is 0. The summed E-state index contributed by atoms with van der Waals surface area (Å²) in [5.41, 5.74) is 3.03. The maximum atomic E-state index is 4.16. The summed E-state index contributed by atoms with van der Waals surface area (Å²) in [4.78, 5) is 2.40. The van der Waals surface area contributed by atoms with Crippen LogP contribution in [0.1, 0.15) is 17.7 Å². The van der Waals surface area contributed by atoms with E-state index in [1.54, 1.807) is 0 Å². The summed E-state index contributed by atoms with van der Waals surface area (Å²) in [6.07, 6.45) is 3.20. The molecule has 3 heterocycles. The van der Waals surface area contributed by atoms with Gasteiger partial charge in [0.15, 0.2) is 0 Å². The van der Waals surface area contributed by atoms with Gasteiger partial charge in [-0.05, 0) is 20.0 Å². The Balaban J connectivity index is 2.03. The number of hydrogen-bond acceptors (Lipinski definition) is 3. The second kappa shape index (κ2) is 2.81. The summed E-state index contributed by atoms with van der Waals surface area (Å²) in [7, 11) is 2.19. The first-order chi connectivity index (χ1) is 6.80. The quantitative estimate of drug-likeness (QED) is 0.612. The molecule has 1 saturated heterocycles. The highest BCUT2D eigenvalue weighted by atomic mass is 15.2. The Labute approximate surface area is 83.7 Å². The molecule has 4 nitrogen and oxygen atoms in total. The largest absolute Gasteiger partial charge is 0.312 e. The fourth-order valence-corrected chi connectivity index (χ4v) is 2.86. The maximum absolute atomic E-state index is 4.16. The molecule has 14 heavy (non-hydrogen) atoms. The molecule has 4 heteroatoms. The average Bonchev–Trinajstić information content (AvgIpc) is 2.75. The Hall–Kier alpha value is -0.870. The lowest BCUT2D eigenvalue weighted by molar-refractivity contribution is 0.335. The highest BCUT2D eigenvalue weighted by molar-refractivity contribution is 5.31. The third-order valence-corrected chi connectivity index (χ3v) is 3.57. The van der Waals surface area contributed by atoms with Crippen molar-refractivity contribution in [3.8, 4) is 0 Å². The Kier molecular flexibility index (Phi) is 1.69. The van der Waals surface area contributed by atoms with Crippen molar-refractivity contribution in [1.29, 1.82) is 0 Å². The highest BCUT2D eigenvalue weighted by Crippen LogP contribution is 2.36. The number of nitrogens with zero attached hydrogens (tertiary/aromatic N) is 2. The van der Waals surface area contributed by atoms with Crippen LogP contribution in [0.5, 0.6) is 0 Å². The summed E-state index contributed by atoms with van der Waals surface area (Å²) in [5.74, 6) is 0. The van der Waals surface area contributed by atoms with Gasteiger partial charge in [0.25, 0.3) is 0 Å². The van der Waals surface area contributed by atoms with Crippen LogP contribution < -0.4 is 5.32 Å². The minimum atomic E-state index is 0.304. The molecule has 0 aliphatic carbocycles. The number of aromatic nitrogens is 2. The van der Waals surface area contributed by atoms with E-state index < -0.39 is 0 Å². The minimum absolute atomic E-state index is 0.304. The molecule has 0 saturated carbocycles. The number of aromatic amines is 1. The van der Waals surface area contributed by atoms with Crippen molar-refractivity contribution in [3.05, 3.63) is 17.5 Å². The topological polar surface area (TPSA) is 44.0 Å². The number of hydrogen-bond donors (Lipinski definition) is 2. The van der Waals surface area contributed by atoms with Crippen molar-refractivity contribution < 1.29 is 0 Å². The molecule has 1 unspecified atom stereocenters. The number of H-pyrrole nitrogens is 1. The van der Waals surface area contributed by atoms with Crippen LogP contribution in [0.4, 0.5) is 0 Å². The van der Waals surface area contributed by atoms with Gasteiger partial charge in [-0.2, -0.15) is 5.10 Å². The van der Waals surface area contributed by atoms with E-state index in [-0.39, 0.29) is 0 Å². The Morgan fingerprint density at radius 2 is 2.50 bits per heavy atom. The fourth-order valence-electron chi connectivity index (χ4n) is 2.86. The Morgan fingerprint density at radius 1 is 1.57 bits per heavy atom. The molecule has 2 N–H and O–H groups in total. The van der Waals surface area contributed by atoms with Gasteiger partial charge in [-0.15, -0.1) is 0 Å². The van der Waals surface area contributed by atoms with Crippen molar-refractivity contribution in [2.45, 2.75) is 18.4 Å². The molecule has 0 amide bonds. The van der Waals surface area contributed by atoms with Gasteiger partial charge in [0.05, 0.1) is 6.20 Å². The number of rotatable bonds is 0. The van der Waals surface area contributed by atoms with Crippen LogP contribution in [-0.4, -0.2) is 41.8 Å². The second-order valence-electron chi connectivity index (χ2n) is 4.64. The molecule has 1 aromatic rings. The first-order valence-electron chi connectivity index (χ1n) is 5.22. The molecule has 1 atom stereocenters. The van der Waals surface area contributed by atoms with Gasteiger partial charge >= 0.3 is 0 Å². The molecule has 1 spiro atoms. The summed E-state index contributed by atoms with van der Waals surface area (Å²) in [6, 6.07) is 0. The van der Waals surface area contributed by atoms with Gasteiger partial charge in [-0.1, -0.05) is 0 Å². The van der Waals surface area contributed by atoms with E-state index in [1.165, 1.54) is 24.2 Å². The molecule has 76 valence electrons. The predicted molar refractivity (Wildman–Crippen MR) is 54.1 cm³/mol. The highest BCUT2D eigenvalue weighted by Gasteiger charge is 2.42. The normalized spacial score (nSPS) is 32.4. The zero-order valence-corrected chi connectivity index (χ0v) is 8.51. The van der Waals surface area contributed by atoms with E-state index in [4.69, 9.17) is 0 Å². The summed E-state index contributed by atoms with van der Waals surface area (Å²) in [5, 5.41) is 10.9. The van der Waals surface area contributed by atoms with Crippen LogP contribution in [0.15, 0.2) is 6.20 Å². The van der Waals surface area contributed by atoms with Crippen LogP contribution in [0.25, 0.3) is 0 Å². The number of fused-ring (bicyclic) bond motifs is 2. The van der Waals surface area contributed by atoms with Gasteiger partial charge in [0, 0.05) is 36.3 Å². The van der Waals surface area contributed by atoms with Crippen LogP contribution in [0.3, 0.4) is 0 Å². The number of likely N-dealkylation sites (N-methyl/N-ethyl adjacent to an activating group) is 1. The van der Waals surface area contributed by atoms with E-state index in [0.29, 0.717) is 5.41 Å². The summed E-state index contributed by atoms with van der Waals surface area (Å²) < 4.78 is 0. The van der Waals surface area contributed by atoms with Crippen molar-refractivity contribution in [1.82, 2.24) is 20.4 Å². The van der Waals surface area contributed by atoms with Crippen LogP contribution >= 0.6 is 0 Å². The van der Waals surface area contributed by atoms with E-state index in [1.807, 2.05) is 6.20 Å². The number of likely N-dealkylation sites (tertiary alicyclic amines) is 1. The summed E-state index contributed by atoms with van der Waals surface area (Å²) in [6.45, 7) is 4.40. The minimum Gasteiger partial charge on any atom is -0.312 e. The zero-order chi connectivity index (χ0) is 9.60. The van der Waals surface area contributed by atoms with Gasteiger partial charge in [-0.3, -0.25) is 5.10 Å². The number of nitrogens with one attached hydrogen (secondary N) is 2. The lowest BCUT2D eigenvalue weighted by Gasteiger charge is -2.33. The average molecular weight is 192 g/mol. The molecular weight excluding hydrogens is 176 g/mol. The Morgan fingerprint density at radius 3 is 3.29 bits per heavy atom. The molecule has 1 fully saturated rings. The van der Waals surface area contributed by atoms with Crippen LogP contribution in [-0.2, 0) is 12.0 Å². The van der Waals surface area contributed by atoms with Gasteiger partial charge in [-0.25, -0.2) is 0 Å². The van der Waals surface area contributed by atoms with E-state index >= 15 is 0 Å². The van der Waals surface area contributed by atoms with Crippen LogP contribution in [0, 0.1) is 0 Å². The second-order valence-corrected chi connectivity index (χ2v) is 4.64. The lowest BCUT2D eigenvalue weighted by atomic mass is 9.79. The molecule has 2 aliphatic rings. The monoisotopic (exact) mass is 192 g/mol. The molecule has 0 aromatic carbocycles. The van der Waals surface area contributed by atoms with E-state index in [2.05, 4.69) is 27.5 Å². The molecule has 2 aliphatic heterocycles. The SMILES string of the molecule is CN1CCC2(CNCc3cn[nH]c32)C1. The van der Waals surface area contributed by atoms with Crippen LogP contribution in [0.2, 0.25) is 0 Å². The van der Waals surface area contributed by atoms with Crippen molar-refractivity contribution in [3.63, 3.8) is 0 Å². The lowest BCUT2D eigenvalue weighted by Crippen LogP contribution is -2.44. The van der Waals surface area contributed by atoms with E-state index in [9.17, 15) is 0 Å². The fraction of sp³-hybridized carbons (Fsp3) is 0.700. The molecule has 0 bridgehead atoms. The third kappa shape index (κ3) is 1.04. The Bertz CT molecular complexity index is 346. The molecular formula is C10H16N4. The van der Waals surface area contributed by atoms with Gasteiger partial charge in [0.1, 0.15) is 0 Å². The van der Waals surface area contributed by atoms with Crippen molar-refractivity contribution in [2.75, 3.05) is 26.7 Å². The van der Waals surface area contributed by atoms with Crippen molar-refractivity contribution in [2.24, 2.45) is 0 Å². The van der Waals surface area contributed by atoms with E-state index in [0.717, 1.165) is 19.6 Å². The smallest absolute Gasteiger partial charge is 0.0535 e. The predicted octanol–water partition coefficient (Wildman–Crippen LogP) is 0.0862. The maximum Gasteiger partial charge on any atom is 0.0535 e. The zero-order valence-electron chi connectivity index (χ0n) is 8.51.